The van der Waals surface area contributed by atoms with E-state index in [0.29, 0.717) is 41.6 Å². The standard InChI is InChI=1S/C33H40N4O5/c1-3-42-28-21-17-26(18-22-28)37(31(39)14-9-13-30(38)36-29-12-7-8-23-34-29)32(24-15-19-27(41-2)20-16-24)33(40)35-25-10-5-4-6-11-25/h7-8,12,15-23,25,32H,3-6,9-11,13-14H2,1-2H3,(H,35,40)(H,34,36,38)/t32-/m0/s1. The molecule has 1 aromatic heterocycles. The second-order valence-corrected chi connectivity index (χ2v) is 10.3. The quantitative estimate of drug-likeness (QED) is 0.267. The van der Waals surface area contributed by atoms with Crippen molar-refractivity contribution in [3.63, 3.8) is 0 Å². The Balaban J connectivity index is 1.60. The number of hydrogen-bond acceptors (Lipinski definition) is 6. The van der Waals surface area contributed by atoms with Gasteiger partial charge in [-0.05, 0) is 80.3 Å². The zero-order valence-electron chi connectivity index (χ0n) is 24.4. The molecule has 1 aliphatic rings. The summed E-state index contributed by atoms with van der Waals surface area (Å²) < 4.78 is 11.0. The lowest BCUT2D eigenvalue weighted by Gasteiger charge is -2.33. The number of carbonyl (C=O) groups excluding carboxylic acids is 3. The van der Waals surface area contributed by atoms with E-state index in [1.54, 1.807) is 72.8 Å². The van der Waals surface area contributed by atoms with Crippen LogP contribution < -0.4 is 25.0 Å². The molecule has 1 fully saturated rings. The third kappa shape index (κ3) is 8.55. The fourth-order valence-corrected chi connectivity index (χ4v) is 5.20. The highest BCUT2D eigenvalue weighted by Crippen LogP contribution is 2.32. The Bertz CT molecular complexity index is 1290. The molecule has 0 unspecified atom stereocenters. The fourth-order valence-electron chi connectivity index (χ4n) is 5.20. The molecule has 2 N–H and O–H groups in total. The normalized spacial score (nSPS) is 14.0. The van der Waals surface area contributed by atoms with Crippen LogP contribution >= 0.6 is 0 Å². The summed E-state index contributed by atoms with van der Waals surface area (Å²) in [6.45, 7) is 2.42. The van der Waals surface area contributed by atoms with Crippen LogP contribution in [0.3, 0.4) is 0 Å². The Morgan fingerprint density at radius 1 is 0.929 bits per heavy atom. The monoisotopic (exact) mass is 572 g/mol. The van der Waals surface area contributed by atoms with Gasteiger partial charge in [0.25, 0.3) is 0 Å². The second kappa shape index (κ2) is 15.6. The highest BCUT2D eigenvalue weighted by atomic mass is 16.5. The van der Waals surface area contributed by atoms with Crippen LogP contribution in [-0.2, 0) is 14.4 Å². The van der Waals surface area contributed by atoms with E-state index >= 15 is 0 Å². The van der Waals surface area contributed by atoms with E-state index in [2.05, 4.69) is 15.6 Å². The van der Waals surface area contributed by atoms with Crippen molar-refractivity contribution in [2.45, 2.75) is 70.4 Å². The number of benzene rings is 2. The maximum absolute atomic E-state index is 14.0. The Morgan fingerprint density at radius 3 is 2.29 bits per heavy atom. The number of amides is 3. The number of ether oxygens (including phenoxy) is 2. The molecular weight excluding hydrogens is 532 g/mol. The summed E-state index contributed by atoms with van der Waals surface area (Å²) in [6.07, 6.45) is 7.27. The van der Waals surface area contributed by atoms with Crippen LogP contribution in [0.15, 0.2) is 72.9 Å². The summed E-state index contributed by atoms with van der Waals surface area (Å²) in [5.41, 5.74) is 1.24. The first kappa shape index (κ1) is 30.6. The van der Waals surface area contributed by atoms with Crippen molar-refractivity contribution in [3.05, 3.63) is 78.5 Å². The van der Waals surface area contributed by atoms with Crippen LogP contribution in [0.4, 0.5) is 11.5 Å². The van der Waals surface area contributed by atoms with Gasteiger partial charge in [-0.2, -0.15) is 0 Å². The molecule has 0 bridgehead atoms. The van der Waals surface area contributed by atoms with E-state index in [1.807, 2.05) is 19.1 Å². The van der Waals surface area contributed by atoms with Gasteiger partial charge in [0.15, 0.2) is 0 Å². The Labute approximate surface area is 247 Å². The van der Waals surface area contributed by atoms with Crippen molar-refractivity contribution in [1.82, 2.24) is 10.3 Å². The van der Waals surface area contributed by atoms with Crippen LogP contribution in [0.1, 0.15) is 69.9 Å². The van der Waals surface area contributed by atoms with Gasteiger partial charge in [-0.25, -0.2) is 4.98 Å². The summed E-state index contributed by atoms with van der Waals surface area (Å²) in [5, 5.41) is 5.98. The van der Waals surface area contributed by atoms with E-state index in [4.69, 9.17) is 9.47 Å². The van der Waals surface area contributed by atoms with Gasteiger partial charge >= 0.3 is 0 Å². The number of anilines is 2. The molecule has 0 aliphatic heterocycles. The molecule has 1 atom stereocenters. The van der Waals surface area contributed by atoms with Crippen molar-refractivity contribution in [3.8, 4) is 11.5 Å². The lowest BCUT2D eigenvalue weighted by molar-refractivity contribution is -0.127. The maximum Gasteiger partial charge on any atom is 0.248 e. The number of nitrogens with one attached hydrogen (secondary N) is 2. The van der Waals surface area contributed by atoms with Crippen LogP contribution in [0.2, 0.25) is 0 Å². The van der Waals surface area contributed by atoms with Crippen LogP contribution in [-0.4, -0.2) is 42.5 Å². The fraction of sp³-hybridized carbons (Fsp3) is 0.394. The first-order valence-corrected chi connectivity index (χ1v) is 14.7. The number of pyridine rings is 1. The van der Waals surface area contributed by atoms with E-state index in [1.165, 1.54) is 6.42 Å². The molecule has 0 radical (unpaired) electrons. The van der Waals surface area contributed by atoms with E-state index in [9.17, 15) is 14.4 Å². The number of methoxy groups -OCH3 is 1. The molecule has 3 aromatic rings. The van der Waals surface area contributed by atoms with Gasteiger partial charge in [-0.15, -0.1) is 0 Å². The molecule has 222 valence electrons. The van der Waals surface area contributed by atoms with Crippen LogP contribution in [0, 0.1) is 0 Å². The lowest BCUT2D eigenvalue weighted by atomic mass is 9.94. The number of carbonyl (C=O) groups is 3. The largest absolute Gasteiger partial charge is 0.497 e. The van der Waals surface area contributed by atoms with Crippen molar-refractivity contribution in [1.29, 1.82) is 0 Å². The number of rotatable bonds is 13. The molecule has 1 aliphatic carbocycles. The highest BCUT2D eigenvalue weighted by molar-refractivity contribution is 6.01. The summed E-state index contributed by atoms with van der Waals surface area (Å²) in [6, 6.07) is 18.8. The summed E-state index contributed by atoms with van der Waals surface area (Å²) in [5.74, 6) is 1.07. The zero-order chi connectivity index (χ0) is 29.7. The molecule has 1 saturated carbocycles. The van der Waals surface area contributed by atoms with Crippen molar-refractivity contribution in [2.75, 3.05) is 23.9 Å². The second-order valence-electron chi connectivity index (χ2n) is 10.3. The topological polar surface area (TPSA) is 110 Å². The molecule has 2 aromatic carbocycles. The Hall–Kier alpha value is -4.40. The van der Waals surface area contributed by atoms with Gasteiger partial charge < -0.3 is 20.1 Å². The molecule has 0 saturated heterocycles. The van der Waals surface area contributed by atoms with Crippen LogP contribution in [0.25, 0.3) is 0 Å². The van der Waals surface area contributed by atoms with Crippen LogP contribution in [0.5, 0.6) is 11.5 Å². The number of aromatic nitrogens is 1. The summed E-state index contributed by atoms with van der Waals surface area (Å²) in [4.78, 5) is 46.2. The third-order valence-electron chi connectivity index (χ3n) is 7.31. The molecule has 9 heteroatoms. The van der Waals surface area contributed by atoms with Gasteiger partial charge in [-0.1, -0.05) is 37.5 Å². The minimum atomic E-state index is -0.911. The summed E-state index contributed by atoms with van der Waals surface area (Å²) in [7, 11) is 1.59. The number of hydrogen-bond donors (Lipinski definition) is 2. The SMILES string of the molecule is CCOc1ccc(N(C(=O)CCCC(=O)Nc2ccccn2)[C@H](C(=O)NC2CCCCC2)c2ccc(OC)cc2)cc1. The average molecular weight is 573 g/mol. The van der Waals surface area contributed by atoms with Gasteiger partial charge in [0.1, 0.15) is 23.4 Å². The first-order chi connectivity index (χ1) is 20.5. The molecular formula is C33H40N4O5. The van der Waals surface area contributed by atoms with Gasteiger partial charge in [0, 0.05) is 30.8 Å². The van der Waals surface area contributed by atoms with Gasteiger partial charge in [0.05, 0.1) is 13.7 Å². The zero-order valence-corrected chi connectivity index (χ0v) is 24.4. The average Bonchev–Trinajstić information content (AvgIpc) is 3.01. The molecule has 3 amide bonds. The molecule has 42 heavy (non-hydrogen) atoms. The lowest BCUT2D eigenvalue weighted by Crippen LogP contribution is -2.47. The predicted octanol–water partition coefficient (Wildman–Crippen LogP) is 5.82. The summed E-state index contributed by atoms with van der Waals surface area (Å²) >= 11 is 0. The maximum atomic E-state index is 14.0. The van der Waals surface area contributed by atoms with E-state index in [-0.39, 0.29) is 36.6 Å². The van der Waals surface area contributed by atoms with Gasteiger partial charge in [0.2, 0.25) is 17.7 Å². The Kier molecular flexibility index (Phi) is 11.3. The molecule has 4 rings (SSSR count). The molecule has 9 nitrogen and oxygen atoms in total. The molecule has 0 spiro atoms. The van der Waals surface area contributed by atoms with Crippen molar-refractivity contribution < 1.29 is 23.9 Å². The van der Waals surface area contributed by atoms with Crippen molar-refractivity contribution in [2.24, 2.45) is 0 Å². The van der Waals surface area contributed by atoms with E-state index in [0.717, 1.165) is 25.7 Å². The van der Waals surface area contributed by atoms with Crippen molar-refractivity contribution >= 4 is 29.2 Å². The third-order valence-corrected chi connectivity index (χ3v) is 7.31. The minimum absolute atomic E-state index is 0.0690. The smallest absolute Gasteiger partial charge is 0.248 e. The number of nitrogens with zero attached hydrogens (tertiary/aromatic N) is 2. The first-order valence-electron chi connectivity index (χ1n) is 14.7. The highest BCUT2D eigenvalue weighted by Gasteiger charge is 2.34. The van der Waals surface area contributed by atoms with Gasteiger partial charge in [-0.3, -0.25) is 19.3 Å². The predicted molar refractivity (Wildman–Crippen MR) is 163 cm³/mol. The molecule has 1 heterocycles. The minimum Gasteiger partial charge on any atom is -0.497 e. The van der Waals surface area contributed by atoms with E-state index < -0.39 is 6.04 Å². The Morgan fingerprint density at radius 2 is 1.64 bits per heavy atom.